The fourth-order valence-corrected chi connectivity index (χ4v) is 4.78. The summed E-state index contributed by atoms with van der Waals surface area (Å²) < 4.78 is 0. The van der Waals surface area contributed by atoms with Gasteiger partial charge < -0.3 is 5.32 Å². The molecule has 2 atom stereocenters. The van der Waals surface area contributed by atoms with E-state index in [1.807, 2.05) is 12.1 Å². The van der Waals surface area contributed by atoms with Gasteiger partial charge in [0.25, 0.3) is 5.91 Å². The Kier molecular flexibility index (Phi) is 5.83. The summed E-state index contributed by atoms with van der Waals surface area (Å²) in [5.41, 5.74) is 2.14. The van der Waals surface area contributed by atoms with Crippen molar-refractivity contribution in [3.05, 3.63) is 66.0 Å². The van der Waals surface area contributed by atoms with Crippen molar-refractivity contribution in [2.75, 3.05) is 13.1 Å². The van der Waals surface area contributed by atoms with Crippen molar-refractivity contribution >= 4 is 5.91 Å². The maximum absolute atomic E-state index is 12.4. The lowest BCUT2D eigenvalue weighted by Crippen LogP contribution is -2.50. The molecule has 142 valence electrons. The highest BCUT2D eigenvalue weighted by atomic mass is 16.1. The number of amides is 1. The van der Waals surface area contributed by atoms with Crippen molar-refractivity contribution in [2.45, 2.75) is 56.5 Å². The Hall–Kier alpha value is -2.20. The van der Waals surface area contributed by atoms with Gasteiger partial charge in [-0.3, -0.25) is 14.7 Å². The number of hydrogen-bond donors (Lipinski definition) is 1. The quantitative estimate of drug-likeness (QED) is 0.893. The summed E-state index contributed by atoms with van der Waals surface area (Å²) in [7, 11) is 0. The Bertz CT molecular complexity index is 726. The largest absolute Gasteiger partial charge is 0.349 e. The van der Waals surface area contributed by atoms with Gasteiger partial charge in [-0.25, -0.2) is 0 Å². The number of carbonyl (C=O) groups excluding carboxylic acids is 1. The molecule has 2 fully saturated rings. The fourth-order valence-electron chi connectivity index (χ4n) is 4.78. The molecule has 4 heteroatoms. The van der Waals surface area contributed by atoms with Crippen LogP contribution in [0.2, 0.25) is 0 Å². The van der Waals surface area contributed by atoms with Crippen molar-refractivity contribution in [3.8, 4) is 0 Å². The van der Waals surface area contributed by atoms with E-state index in [1.54, 1.807) is 12.4 Å². The van der Waals surface area contributed by atoms with Crippen molar-refractivity contribution in [1.29, 1.82) is 0 Å². The summed E-state index contributed by atoms with van der Waals surface area (Å²) in [6, 6.07) is 15.6. The fraction of sp³-hybridized carbons (Fsp3) is 0.478. The Balaban J connectivity index is 1.35. The van der Waals surface area contributed by atoms with Gasteiger partial charge in [0, 0.05) is 37.6 Å². The Labute approximate surface area is 162 Å². The van der Waals surface area contributed by atoms with E-state index in [0.717, 1.165) is 25.9 Å². The topological polar surface area (TPSA) is 45.2 Å². The number of nitrogens with zero attached hydrogens (tertiary/aromatic N) is 2. The molecular formula is C23H29N3O. The molecule has 27 heavy (non-hydrogen) atoms. The smallest absolute Gasteiger partial charge is 0.253 e. The van der Waals surface area contributed by atoms with Gasteiger partial charge in [0.1, 0.15) is 0 Å². The van der Waals surface area contributed by atoms with Crippen LogP contribution in [0.5, 0.6) is 0 Å². The van der Waals surface area contributed by atoms with E-state index < -0.39 is 0 Å². The van der Waals surface area contributed by atoms with Crippen LogP contribution >= 0.6 is 0 Å². The lowest BCUT2D eigenvalue weighted by atomic mass is 9.78. The van der Waals surface area contributed by atoms with E-state index in [2.05, 4.69) is 45.5 Å². The summed E-state index contributed by atoms with van der Waals surface area (Å²) in [6.45, 7) is 2.15. The van der Waals surface area contributed by atoms with E-state index in [4.69, 9.17) is 0 Å². The molecule has 1 saturated carbocycles. The number of pyridine rings is 1. The third-order valence-electron chi connectivity index (χ3n) is 6.21. The Morgan fingerprint density at radius 2 is 1.74 bits per heavy atom. The normalized spacial score (nSPS) is 24.4. The second kappa shape index (κ2) is 8.66. The second-order valence-electron chi connectivity index (χ2n) is 7.89. The molecule has 1 aromatic heterocycles. The van der Waals surface area contributed by atoms with Crippen LogP contribution in [-0.4, -0.2) is 41.0 Å². The number of hydrogen-bond acceptors (Lipinski definition) is 3. The molecule has 4 nitrogen and oxygen atoms in total. The van der Waals surface area contributed by atoms with E-state index in [1.165, 1.54) is 31.2 Å². The average Bonchev–Trinajstić information content (AvgIpc) is 2.75. The maximum atomic E-state index is 12.4. The first-order chi connectivity index (χ1) is 13.3. The van der Waals surface area contributed by atoms with Crippen LogP contribution in [0.4, 0.5) is 0 Å². The van der Waals surface area contributed by atoms with Crippen LogP contribution in [0.25, 0.3) is 0 Å². The zero-order valence-electron chi connectivity index (χ0n) is 15.9. The van der Waals surface area contributed by atoms with E-state index >= 15 is 0 Å². The number of piperidine rings is 1. The highest BCUT2D eigenvalue weighted by Crippen LogP contribution is 2.37. The molecule has 0 radical (unpaired) electrons. The number of likely N-dealkylation sites (tertiary alicyclic amines) is 1. The van der Waals surface area contributed by atoms with E-state index in [9.17, 15) is 4.79 Å². The average molecular weight is 364 g/mol. The minimum absolute atomic E-state index is 0.00128. The van der Waals surface area contributed by atoms with Gasteiger partial charge in [-0.2, -0.15) is 0 Å². The van der Waals surface area contributed by atoms with Gasteiger partial charge in [0.15, 0.2) is 0 Å². The predicted octanol–water partition coefficient (Wildman–Crippen LogP) is 4.00. The van der Waals surface area contributed by atoms with Crippen LogP contribution in [-0.2, 0) is 0 Å². The predicted molar refractivity (Wildman–Crippen MR) is 108 cm³/mol. The zero-order valence-corrected chi connectivity index (χ0v) is 15.9. The van der Waals surface area contributed by atoms with Gasteiger partial charge in [-0.15, -0.1) is 0 Å². The third kappa shape index (κ3) is 4.38. The molecule has 1 N–H and O–H groups in total. The maximum Gasteiger partial charge on any atom is 0.253 e. The summed E-state index contributed by atoms with van der Waals surface area (Å²) in [5, 5.41) is 3.20. The molecule has 2 aliphatic rings. The van der Waals surface area contributed by atoms with E-state index in [-0.39, 0.29) is 11.9 Å². The van der Waals surface area contributed by atoms with Gasteiger partial charge in [-0.05, 0) is 49.3 Å². The molecule has 4 rings (SSSR count). The molecule has 1 aliphatic carbocycles. The number of benzene rings is 1. The number of rotatable bonds is 4. The van der Waals surface area contributed by atoms with Crippen LogP contribution in [0.1, 0.15) is 60.4 Å². The highest BCUT2D eigenvalue weighted by Gasteiger charge is 2.33. The van der Waals surface area contributed by atoms with Crippen molar-refractivity contribution in [3.63, 3.8) is 0 Å². The van der Waals surface area contributed by atoms with Crippen LogP contribution in [0.15, 0.2) is 54.9 Å². The first-order valence-electron chi connectivity index (χ1n) is 10.3. The Morgan fingerprint density at radius 3 is 2.48 bits per heavy atom. The summed E-state index contributed by atoms with van der Waals surface area (Å²) >= 11 is 0. The molecule has 0 spiro atoms. The lowest BCUT2D eigenvalue weighted by Gasteiger charge is -2.43. The molecule has 1 aliphatic heterocycles. The standard InChI is InChI=1S/C23H29N3O/c27-23(19-9-6-14-24-17-19)25-20-12-15-26(16-13-20)22-11-5-4-10-21(22)18-7-2-1-3-8-18/h1-3,6-9,14,17,20-22H,4-5,10-13,15-16H2,(H,25,27). The molecular weight excluding hydrogens is 334 g/mol. The van der Waals surface area contributed by atoms with Gasteiger partial charge >= 0.3 is 0 Å². The lowest BCUT2D eigenvalue weighted by molar-refractivity contribution is 0.0830. The number of aromatic nitrogens is 1. The van der Waals surface area contributed by atoms with Crippen molar-refractivity contribution in [1.82, 2.24) is 15.2 Å². The molecule has 2 aromatic rings. The first-order valence-corrected chi connectivity index (χ1v) is 10.3. The molecule has 1 amide bonds. The first kappa shape index (κ1) is 18.2. The zero-order chi connectivity index (χ0) is 18.5. The molecule has 1 aromatic carbocycles. The van der Waals surface area contributed by atoms with Gasteiger partial charge in [0.05, 0.1) is 5.56 Å². The molecule has 0 bridgehead atoms. The number of nitrogens with one attached hydrogen (secondary N) is 1. The van der Waals surface area contributed by atoms with Crippen molar-refractivity contribution < 1.29 is 4.79 Å². The SMILES string of the molecule is O=C(NC1CCN(C2CCCCC2c2ccccc2)CC1)c1cccnc1. The third-order valence-corrected chi connectivity index (χ3v) is 6.21. The van der Waals surface area contributed by atoms with E-state index in [0.29, 0.717) is 17.5 Å². The van der Waals surface area contributed by atoms with Crippen LogP contribution in [0.3, 0.4) is 0 Å². The number of carbonyl (C=O) groups is 1. The highest BCUT2D eigenvalue weighted by molar-refractivity contribution is 5.94. The van der Waals surface area contributed by atoms with Gasteiger partial charge in [0.2, 0.25) is 0 Å². The minimum Gasteiger partial charge on any atom is -0.349 e. The summed E-state index contributed by atoms with van der Waals surface area (Å²) in [4.78, 5) is 19.1. The summed E-state index contributed by atoms with van der Waals surface area (Å²) in [6.07, 6.45) is 10.7. The minimum atomic E-state index is 0.00128. The summed E-state index contributed by atoms with van der Waals surface area (Å²) in [5.74, 6) is 0.655. The van der Waals surface area contributed by atoms with Crippen LogP contribution < -0.4 is 5.32 Å². The Morgan fingerprint density at radius 1 is 0.963 bits per heavy atom. The molecule has 2 unspecified atom stereocenters. The molecule has 1 saturated heterocycles. The van der Waals surface area contributed by atoms with Crippen molar-refractivity contribution in [2.24, 2.45) is 0 Å². The van der Waals surface area contributed by atoms with Gasteiger partial charge in [-0.1, -0.05) is 43.2 Å². The monoisotopic (exact) mass is 363 g/mol. The van der Waals surface area contributed by atoms with Crippen LogP contribution in [0, 0.1) is 0 Å². The second-order valence-corrected chi connectivity index (χ2v) is 7.89. The molecule has 2 heterocycles.